The van der Waals surface area contributed by atoms with E-state index >= 15 is 0 Å². The fraction of sp³-hybridized carbons (Fsp3) is 0.0870. The Morgan fingerprint density at radius 2 is 1.94 bits per heavy atom. The van der Waals surface area contributed by atoms with Crippen molar-refractivity contribution in [3.05, 3.63) is 77.7 Å². The topological polar surface area (TPSA) is 101 Å². The van der Waals surface area contributed by atoms with E-state index in [4.69, 9.17) is 0 Å². The number of hydrogen-bond donors (Lipinski definition) is 2. The molecule has 2 N–H and O–H groups in total. The number of aldehydes is 1. The molecule has 3 aromatic heterocycles. The van der Waals surface area contributed by atoms with Gasteiger partial charge in [0, 0.05) is 22.9 Å². The summed E-state index contributed by atoms with van der Waals surface area (Å²) in [6, 6.07) is 14.4. The summed E-state index contributed by atoms with van der Waals surface area (Å²) < 4.78 is 1.67. The van der Waals surface area contributed by atoms with E-state index in [-0.39, 0.29) is 12.5 Å². The van der Waals surface area contributed by atoms with Gasteiger partial charge in [0.05, 0.1) is 18.4 Å². The number of likely N-dealkylation sites (N-methyl/N-ethyl adjacent to an activating group) is 1. The maximum atomic E-state index is 11.7. The van der Waals surface area contributed by atoms with E-state index in [0.717, 1.165) is 17.5 Å². The van der Waals surface area contributed by atoms with Crippen LogP contribution in [0.4, 0.5) is 5.82 Å². The molecule has 3 heterocycles. The Kier molecular flexibility index (Phi) is 5.78. The van der Waals surface area contributed by atoms with Gasteiger partial charge in [-0.1, -0.05) is 30.2 Å². The molecular weight excluding hydrogens is 392 g/mol. The monoisotopic (exact) mass is 410 g/mol. The highest BCUT2D eigenvalue weighted by Crippen LogP contribution is 2.18. The van der Waals surface area contributed by atoms with Crippen molar-refractivity contribution >= 4 is 23.7 Å². The van der Waals surface area contributed by atoms with Gasteiger partial charge >= 0.3 is 0 Å². The first kappa shape index (κ1) is 19.9. The van der Waals surface area contributed by atoms with Gasteiger partial charge in [0.25, 0.3) is 0 Å². The molecule has 0 saturated heterocycles. The smallest absolute Gasteiger partial charge is 0.239 e. The van der Waals surface area contributed by atoms with E-state index in [0.29, 0.717) is 28.3 Å². The number of aromatic nitrogens is 4. The summed E-state index contributed by atoms with van der Waals surface area (Å²) in [5.74, 6) is 6.39. The first-order valence-electron chi connectivity index (χ1n) is 9.49. The van der Waals surface area contributed by atoms with E-state index in [9.17, 15) is 9.59 Å². The second-order valence-electron chi connectivity index (χ2n) is 6.63. The Morgan fingerprint density at radius 1 is 1.10 bits per heavy atom. The van der Waals surface area contributed by atoms with Crippen molar-refractivity contribution in [2.24, 2.45) is 0 Å². The maximum absolute atomic E-state index is 11.7. The number of benzene rings is 1. The lowest BCUT2D eigenvalue weighted by Crippen LogP contribution is -2.25. The highest BCUT2D eigenvalue weighted by Gasteiger charge is 2.06. The predicted octanol–water partition coefficient (Wildman–Crippen LogP) is 2.16. The minimum absolute atomic E-state index is 0.181. The summed E-state index contributed by atoms with van der Waals surface area (Å²) in [6.45, 7) is 0.200. The van der Waals surface area contributed by atoms with Crippen LogP contribution in [0.15, 0.2) is 60.9 Å². The number of fused-ring (bicyclic) bond motifs is 1. The molecule has 152 valence electrons. The maximum Gasteiger partial charge on any atom is 0.239 e. The Balaban J connectivity index is 1.62. The minimum atomic E-state index is -0.181. The molecule has 0 radical (unpaired) electrons. The highest BCUT2D eigenvalue weighted by atomic mass is 16.2. The Labute approximate surface area is 178 Å². The molecule has 1 amide bonds. The van der Waals surface area contributed by atoms with Gasteiger partial charge in [-0.2, -0.15) is 5.10 Å². The number of hydrogen-bond acceptors (Lipinski definition) is 6. The van der Waals surface area contributed by atoms with Gasteiger partial charge in [0.15, 0.2) is 5.65 Å². The minimum Gasteiger partial charge on any atom is -0.311 e. The lowest BCUT2D eigenvalue weighted by molar-refractivity contribution is -0.115. The van der Waals surface area contributed by atoms with Crippen LogP contribution in [-0.2, 0) is 4.79 Å². The molecule has 4 aromatic rings. The van der Waals surface area contributed by atoms with Crippen LogP contribution in [0.25, 0.3) is 16.9 Å². The zero-order valence-electron chi connectivity index (χ0n) is 16.7. The van der Waals surface area contributed by atoms with E-state index < -0.39 is 0 Å². The summed E-state index contributed by atoms with van der Waals surface area (Å²) in [4.78, 5) is 31.1. The van der Waals surface area contributed by atoms with E-state index in [1.54, 1.807) is 48.2 Å². The zero-order valence-corrected chi connectivity index (χ0v) is 16.7. The van der Waals surface area contributed by atoms with Gasteiger partial charge < -0.3 is 10.6 Å². The number of nitrogens with zero attached hydrogens (tertiary/aromatic N) is 4. The predicted molar refractivity (Wildman–Crippen MR) is 117 cm³/mol. The molecule has 0 aliphatic heterocycles. The van der Waals surface area contributed by atoms with Crippen LogP contribution in [0.2, 0.25) is 0 Å². The molecule has 1 aromatic carbocycles. The third kappa shape index (κ3) is 4.63. The van der Waals surface area contributed by atoms with Gasteiger partial charge in [-0.15, -0.1) is 0 Å². The molecule has 8 nitrogen and oxygen atoms in total. The molecule has 31 heavy (non-hydrogen) atoms. The van der Waals surface area contributed by atoms with Crippen LogP contribution in [0, 0.1) is 11.8 Å². The fourth-order valence-corrected chi connectivity index (χ4v) is 2.91. The second-order valence-corrected chi connectivity index (χ2v) is 6.63. The van der Waals surface area contributed by atoms with Gasteiger partial charge in [-0.05, 0) is 37.2 Å². The molecule has 0 unspecified atom stereocenters. The van der Waals surface area contributed by atoms with E-state index in [1.165, 1.54) is 0 Å². The number of carbonyl (C=O) groups excluding carboxylic acids is 2. The van der Waals surface area contributed by atoms with Crippen LogP contribution in [0.5, 0.6) is 0 Å². The molecule has 0 fully saturated rings. The van der Waals surface area contributed by atoms with Crippen LogP contribution in [0.3, 0.4) is 0 Å². The number of anilines is 1. The number of carbonyl (C=O) groups is 2. The van der Waals surface area contributed by atoms with Crippen molar-refractivity contribution in [2.45, 2.75) is 0 Å². The number of pyridine rings is 1. The first-order chi connectivity index (χ1) is 15.2. The Morgan fingerprint density at radius 3 is 2.71 bits per heavy atom. The summed E-state index contributed by atoms with van der Waals surface area (Å²) >= 11 is 0. The van der Waals surface area contributed by atoms with Crippen molar-refractivity contribution in [3.63, 3.8) is 0 Å². The van der Waals surface area contributed by atoms with Gasteiger partial charge in [-0.3, -0.25) is 9.59 Å². The SMILES string of the molecule is CNCC(=O)Nc1cc(C#Cc2cnc3ccc(-c4ccc(C=O)cc4)nn23)ccn1. The molecule has 0 spiro atoms. The molecule has 0 saturated carbocycles. The lowest BCUT2D eigenvalue weighted by Gasteiger charge is -2.03. The molecular formula is C23H18N6O2. The second kappa shape index (κ2) is 8.98. The quantitative estimate of drug-likeness (QED) is 0.386. The number of amides is 1. The van der Waals surface area contributed by atoms with E-state index in [2.05, 4.69) is 37.5 Å². The van der Waals surface area contributed by atoms with Crippen molar-refractivity contribution < 1.29 is 9.59 Å². The largest absolute Gasteiger partial charge is 0.311 e. The third-order valence-corrected chi connectivity index (χ3v) is 4.40. The molecule has 0 aliphatic rings. The lowest BCUT2D eigenvalue weighted by atomic mass is 10.1. The van der Waals surface area contributed by atoms with Crippen LogP contribution in [-0.4, -0.2) is 45.4 Å². The molecule has 8 heteroatoms. The Bertz CT molecular complexity index is 1320. The normalized spacial score (nSPS) is 10.4. The standard InChI is InChI=1S/C23H18N6O2/c1-24-14-23(31)27-21-12-16(10-11-25-21)4-7-19-13-26-22-9-8-20(28-29(19)22)18-5-2-17(15-30)3-6-18/h2-3,5-6,8-13,15,24H,14H2,1H3,(H,25,27,31). The van der Waals surface area contributed by atoms with Gasteiger partial charge in [0.1, 0.15) is 17.8 Å². The molecule has 0 bridgehead atoms. The summed E-state index contributed by atoms with van der Waals surface area (Å²) in [6.07, 6.45) is 4.05. The summed E-state index contributed by atoms with van der Waals surface area (Å²) in [5.41, 5.74) is 4.23. The van der Waals surface area contributed by atoms with Crippen LogP contribution < -0.4 is 10.6 Å². The number of nitrogens with one attached hydrogen (secondary N) is 2. The van der Waals surface area contributed by atoms with Crippen molar-refractivity contribution in [1.82, 2.24) is 24.9 Å². The summed E-state index contributed by atoms with van der Waals surface area (Å²) in [7, 11) is 1.70. The van der Waals surface area contributed by atoms with Crippen molar-refractivity contribution in [2.75, 3.05) is 18.9 Å². The number of imidazole rings is 1. The average Bonchev–Trinajstić information content (AvgIpc) is 3.20. The van der Waals surface area contributed by atoms with Crippen LogP contribution >= 0.6 is 0 Å². The first-order valence-corrected chi connectivity index (χ1v) is 9.49. The highest BCUT2D eigenvalue weighted by molar-refractivity contribution is 5.91. The zero-order chi connectivity index (χ0) is 21.6. The van der Waals surface area contributed by atoms with Gasteiger partial charge in [-0.25, -0.2) is 14.5 Å². The summed E-state index contributed by atoms with van der Waals surface area (Å²) in [5, 5.41) is 10.1. The molecule has 4 rings (SSSR count). The Hall–Kier alpha value is -4.35. The van der Waals surface area contributed by atoms with Crippen molar-refractivity contribution in [3.8, 4) is 23.1 Å². The van der Waals surface area contributed by atoms with Crippen LogP contribution in [0.1, 0.15) is 21.6 Å². The van der Waals surface area contributed by atoms with E-state index in [1.807, 2.05) is 24.3 Å². The average molecular weight is 410 g/mol. The van der Waals surface area contributed by atoms with Crippen molar-refractivity contribution in [1.29, 1.82) is 0 Å². The van der Waals surface area contributed by atoms with Gasteiger partial charge in [0.2, 0.25) is 5.91 Å². The number of rotatable bonds is 5. The fourth-order valence-electron chi connectivity index (χ4n) is 2.91. The molecule has 0 aliphatic carbocycles. The third-order valence-electron chi connectivity index (χ3n) is 4.40. The molecule has 0 atom stereocenters.